The summed E-state index contributed by atoms with van der Waals surface area (Å²) >= 11 is 0. The zero-order chi connectivity index (χ0) is 14.5. The normalized spacial score (nSPS) is 12.4. The first-order chi connectivity index (χ1) is 9.67. The number of ether oxygens (including phenoxy) is 1. The van der Waals surface area contributed by atoms with Crippen molar-refractivity contribution in [1.82, 2.24) is 0 Å². The minimum absolute atomic E-state index is 0.173. The molecule has 0 heterocycles. The smallest absolute Gasteiger partial charge is 0.123 e. The lowest BCUT2D eigenvalue weighted by molar-refractivity contribution is 0.407. The average molecular weight is 269 g/mol. The number of nitrogens with two attached hydrogens (primary N) is 1. The highest BCUT2D eigenvalue weighted by Gasteiger charge is 2.17. The van der Waals surface area contributed by atoms with E-state index in [9.17, 15) is 0 Å². The third-order valence-corrected chi connectivity index (χ3v) is 3.74. The molecule has 0 aromatic heterocycles. The van der Waals surface area contributed by atoms with Crippen molar-refractivity contribution < 1.29 is 4.74 Å². The highest BCUT2D eigenvalue weighted by molar-refractivity contribution is 5.45. The van der Waals surface area contributed by atoms with E-state index >= 15 is 0 Å². The fourth-order valence-electron chi connectivity index (χ4n) is 2.50. The standard InChI is InChI=1S/C18H23NO/c1-13(2)15-9-10-16(18(11-15)20-3)17(12-19)14-7-5-4-6-8-14/h4-11,13,17H,12,19H2,1-3H3. The molecule has 0 saturated heterocycles. The molecule has 2 N–H and O–H groups in total. The van der Waals surface area contributed by atoms with Gasteiger partial charge < -0.3 is 10.5 Å². The topological polar surface area (TPSA) is 35.2 Å². The molecule has 0 radical (unpaired) electrons. The minimum atomic E-state index is 0.173. The van der Waals surface area contributed by atoms with Gasteiger partial charge in [-0.05, 0) is 23.1 Å². The summed E-state index contributed by atoms with van der Waals surface area (Å²) in [5.41, 5.74) is 9.67. The second-order valence-corrected chi connectivity index (χ2v) is 5.36. The number of hydrogen-bond acceptors (Lipinski definition) is 2. The van der Waals surface area contributed by atoms with Gasteiger partial charge in [0.25, 0.3) is 0 Å². The summed E-state index contributed by atoms with van der Waals surface area (Å²) in [5, 5.41) is 0. The summed E-state index contributed by atoms with van der Waals surface area (Å²) in [6, 6.07) is 16.8. The van der Waals surface area contributed by atoms with E-state index in [0.29, 0.717) is 12.5 Å². The molecule has 0 bridgehead atoms. The summed E-state index contributed by atoms with van der Waals surface area (Å²) in [6.45, 7) is 4.94. The van der Waals surface area contributed by atoms with Gasteiger partial charge in [0.2, 0.25) is 0 Å². The SMILES string of the molecule is COc1cc(C(C)C)ccc1C(CN)c1ccccc1. The van der Waals surface area contributed by atoms with Crippen LogP contribution >= 0.6 is 0 Å². The van der Waals surface area contributed by atoms with E-state index < -0.39 is 0 Å². The molecule has 2 aromatic rings. The van der Waals surface area contributed by atoms with Crippen molar-refractivity contribution in [3.8, 4) is 5.75 Å². The van der Waals surface area contributed by atoms with Crippen molar-refractivity contribution in [3.63, 3.8) is 0 Å². The summed E-state index contributed by atoms with van der Waals surface area (Å²) in [5.74, 6) is 1.59. The Bertz CT molecular complexity index is 549. The summed E-state index contributed by atoms with van der Waals surface area (Å²) in [6.07, 6.45) is 0. The van der Waals surface area contributed by atoms with E-state index in [2.05, 4.69) is 44.2 Å². The molecule has 1 atom stereocenters. The van der Waals surface area contributed by atoms with Crippen molar-refractivity contribution in [2.45, 2.75) is 25.7 Å². The predicted octanol–water partition coefficient (Wildman–Crippen LogP) is 3.91. The Labute approximate surface area is 121 Å². The first-order valence-electron chi connectivity index (χ1n) is 7.10. The summed E-state index contributed by atoms with van der Waals surface area (Å²) in [7, 11) is 1.72. The molecule has 0 aliphatic heterocycles. The quantitative estimate of drug-likeness (QED) is 0.893. The van der Waals surface area contributed by atoms with Crippen LogP contribution in [0.15, 0.2) is 48.5 Å². The number of rotatable bonds is 5. The third kappa shape index (κ3) is 3.02. The minimum Gasteiger partial charge on any atom is -0.496 e. The molecule has 0 spiro atoms. The molecule has 0 saturated carbocycles. The van der Waals surface area contributed by atoms with Crippen LogP contribution in [0.25, 0.3) is 0 Å². The number of hydrogen-bond donors (Lipinski definition) is 1. The second kappa shape index (κ2) is 6.58. The largest absolute Gasteiger partial charge is 0.496 e. The monoisotopic (exact) mass is 269 g/mol. The molecule has 0 amide bonds. The molecular formula is C18H23NO. The lowest BCUT2D eigenvalue weighted by atomic mass is 9.89. The zero-order valence-corrected chi connectivity index (χ0v) is 12.5. The molecule has 2 rings (SSSR count). The maximum Gasteiger partial charge on any atom is 0.123 e. The maximum absolute atomic E-state index is 6.00. The summed E-state index contributed by atoms with van der Waals surface area (Å²) < 4.78 is 5.58. The van der Waals surface area contributed by atoms with Gasteiger partial charge in [0.05, 0.1) is 7.11 Å². The Morgan fingerprint density at radius 1 is 1.00 bits per heavy atom. The fourth-order valence-corrected chi connectivity index (χ4v) is 2.50. The van der Waals surface area contributed by atoms with Gasteiger partial charge >= 0.3 is 0 Å². The zero-order valence-electron chi connectivity index (χ0n) is 12.5. The van der Waals surface area contributed by atoms with E-state index in [0.717, 1.165) is 11.3 Å². The van der Waals surface area contributed by atoms with Gasteiger partial charge in [0.1, 0.15) is 5.75 Å². The molecular weight excluding hydrogens is 246 g/mol. The Hall–Kier alpha value is -1.80. The van der Waals surface area contributed by atoms with Crippen LogP contribution in [0.4, 0.5) is 0 Å². The van der Waals surface area contributed by atoms with Crippen molar-refractivity contribution in [1.29, 1.82) is 0 Å². The van der Waals surface area contributed by atoms with Crippen LogP contribution in [0.2, 0.25) is 0 Å². The van der Waals surface area contributed by atoms with Crippen LogP contribution in [0.5, 0.6) is 5.75 Å². The Morgan fingerprint density at radius 3 is 2.25 bits per heavy atom. The Morgan fingerprint density at radius 2 is 1.70 bits per heavy atom. The van der Waals surface area contributed by atoms with Gasteiger partial charge in [-0.15, -0.1) is 0 Å². The first kappa shape index (κ1) is 14.6. The van der Waals surface area contributed by atoms with Crippen LogP contribution in [0, 0.1) is 0 Å². The Balaban J connectivity index is 2.44. The van der Waals surface area contributed by atoms with Gasteiger partial charge in [-0.3, -0.25) is 0 Å². The summed E-state index contributed by atoms with van der Waals surface area (Å²) in [4.78, 5) is 0. The van der Waals surface area contributed by atoms with Crippen LogP contribution in [-0.2, 0) is 0 Å². The maximum atomic E-state index is 6.00. The molecule has 20 heavy (non-hydrogen) atoms. The van der Waals surface area contributed by atoms with Crippen molar-refractivity contribution in [2.24, 2.45) is 5.73 Å². The van der Waals surface area contributed by atoms with Crippen LogP contribution in [-0.4, -0.2) is 13.7 Å². The highest BCUT2D eigenvalue weighted by Crippen LogP contribution is 2.33. The van der Waals surface area contributed by atoms with E-state index in [-0.39, 0.29) is 5.92 Å². The van der Waals surface area contributed by atoms with Crippen LogP contribution in [0.3, 0.4) is 0 Å². The highest BCUT2D eigenvalue weighted by atomic mass is 16.5. The molecule has 2 heteroatoms. The molecule has 106 valence electrons. The lowest BCUT2D eigenvalue weighted by Gasteiger charge is -2.20. The van der Waals surface area contributed by atoms with Crippen molar-refractivity contribution in [3.05, 3.63) is 65.2 Å². The molecule has 2 aromatic carbocycles. The van der Waals surface area contributed by atoms with Crippen molar-refractivity contribution in [2.75, 3.05) is 13.7 Å². The van der Waals surface area contributed by atoms with Crippen molar-refractivity contribution >= 4 is 0 Å². The third-order valence-electron chi connectivity index (χ3n) is 3.74. The molecule has 1 unspecified atom stereocenters. The molecule has 0 fully saturated rings. The van der Waals surface area contributed by atoms with E-state index in [1.807, 2.05) is 18.2 Å². The lowest BCUT2D eigenvalue weighted by Crippen LogP contribution is -2.15. The van der Waals surface area contributed by atoms with Crippen LogP contribution in [0.1, 0.15) is 42.4 Å². The number of methoxy groups -OCH3 is 1. The van der Waals surface area contributed by atoms with E-state index in [1.165, 1.54) is 11.1 Å². The van der Waals surface area contributed by atoms with Gasteiger partial charge in [0.15, 0.2) is 0 Å². The molecule has 2 nitrogen and oxygen atoms in total. The van der Waals surface area contributed by atoms with Gasteiger partial charge in [0, 0.05) is 18.0 Å². The van der Waals surface area contributed by atoms with Gasteiger partial charge in [-0.25, -0.2) is 0 Å². The second-order valence-electron chi connectivity index (χ2n) is 5.36. The molecule has 0 aliphatic rings. The molecule has 0 aliphatic carbocycles. The average Bonchev–Trinajstić information content (AvgIpc) is 2.49. The van der Waals surface area contributed by atoms with E-state index in [4.69, 9.17) is 10.5 Å². The number of benzene rings is 2. The van der Waals surface area contributed by atoms with E-state index in [1.54, 1.807) is 7.11 Å². The fraction of sp³-hybridized carbons (Fsp3) is 0.333. The van der Waals surface area contributed by atoms with Gasteiger partial charge in [-0.2, -0.15) is 0 Å². The van der Waals surface area contributed by atoms with Crippen LogP contribution < -0.4 is 10.5 Å². The first-order valence-corrected chi connectivity index (χ1v) is 7.10. The van der Waals surface area contributed by atoms with Gasteiger partial charge in [-0.1, -0.05) is 56.3 Å². The Kier molecular flexibility index (Phi) is 4.80. The predicted molar refractivity (Wildman–Crippen MR) is 84.4 cm³/mol.